The van der Waals surface area contributed by atoms with Gasteiger partial charge in [0, 0.05) is 16.9 Å². The van der Waals surface area contributed by atoms with Crippen LogP contribution in [0.5, 0.6) is 0 Å². The van der Waals surface area contributed by atoms with Crippen molar-refractivity contribution in [2.75, 3.05) is 16.4 Å². The van der Waals surface area contributed by atoms with Crippen LogP contribution in [-0.4, -0.2) is 42.3 Å². The van der Waals surface area contributed by atoms with E-state index < -0.39 is 9.84 Å². The summed E-state index contributed by atoms with van der Waals surface area (Å²) in [6.45, 7) is 5.82. The second kappa shape index (κ2) is 6.52. The molecule has 3 atom stereocenters. The molecular weight excluding hydrogens is 344 g/mol. The minimum atomic E-state index is -3.03. The van der Waals surface area contributed by atoms with Crippen molar-refractivity contribution in [2.24, 2.45) is 10.9 Å². The zero-order valence-corrected chi connectivity index (χ0v) is 15.7. The maximum absolute atomic E-state index is 12.3. The standard InChI is InChI=1S/C17H22N2O3S2/c1-4-11(2)16(20)18-17-19(13-8-6-5-7-12(13)3)14-9-24(21,22)10-15(14)23-17/h5-8,11,14-15H,4,9-10H2,1-3H3/t11-,14+,15+/m0/s1. The van der Waals surface area contributed by atoms with E-state index in [-0.39, 0.29) is 34.6 Å². The van der Waals surface area contributed by atoms with E-state index in [0.717, 1.165) is 17.7 Å². The monoisotopic (exact) mass is 366 g/mol. The number of para-hydroxylation sites is 1. The quantitative estimate of drug-likeness (QED) is 0.823. The summed E-state index contributed by atoms with van der Waals surface area (Å²) in [5.41, 5.74) is 1.98. The average molecular weight is 367 g/mol. The molecule has 1 aromatic carbocycles. The van der Waals surface area contributed by atoms with Gasteiger partial charge in [-0.2, -0.15) is 4.99 Å². The minimum absolute atomic E-state index is 0.0573. The lowest BCUT2D eigenvalue weighted by Crippen LogP contribution is -2.38. The highest BCUT2D eigenvalue weighted by molar-refractivity contribution is 8.16. The van der Waals surface area contributed by atoms with E-state index >= 15 is 0 Å². The Morgan fingerprint density at radius 3 is 2.75 bits per heavy atom. The number of amidine groups is 1. The van der Waals surface area contributed by atoms with Crippen molar-refractivity contribution in [1.82, 2.24) is 0 Å². The fraction of sp³-hybridized carbons (Fsp3) is 0.529. The zero-order valence-electron chi connectivity index (χ0n) is 14.1. The van der Waals surface area contributed by atoms with Crippen molar-refractivity contribution in [3.8, 4) is 0 Å². The SMILES string of the molecule is CC[C@H](C)C(=O)N=C1S[C@@H]2CS(=O)(=O)C[C@H]2N1c1ccccc1C. The van der Waals surface area contributed by atoms with Gasteiger partial charge >= 0.3 is 0 Å². The van der Waals surface area contributed by atoms with Gasteiger partial charge in [0.1, 0.15) is 0 Å². The Morgan fingerprint density at radius 1 is 1.38 bits per heavy atom. The molecule has 1 amide bonds. The van der Waals surface area contributed by atoms with Crippen LogP contribution in [0, 0.1) is 12.8 Å². The number of thioether (sulfide) groups is 1. The highest BCUT2D eigenvalue weighted by Gasteiger charge is 2.49. The van der Waals surface area contributed by atoms with Crippen LogP contribution in [0.15, 0.2) is 29.3 Å². The van der Waals surface area contributed by atoms with Gasteiger partial charge in [0.15, 0.2) is 15.0 Å². The predicted molar refractivity (Wildman–Crippen MR) is 99.4 cm³/mol. The first-order valence-electron chi connectivity index (χ1n) is 8.17. The Morgan fingerprint density at radius 2 is 2.08 bits per heavy atom. The van der Waals surface area contributed by atoms with Gasteiger partial charge in [0.25, 0.3) is 5.91 Å². The number of hydrogen-bond acceptors (Lipinski definition) is 4. The number of hydrogen-bond donors (Lipinski definition) is 0. The van der Waals surface area contributed by atoms with Crippen molar-refractivity contribution in [3.05, 3.63) is 29.8 Å². The summed E-state index contributed by atoms with van der Waals surface area (Å²) >= 11 is 1.43. The molecule has 2 fully saturated rings. The summed E-state index contributed by atoms with van der Waals surface area (Å²) in [7, 11) is -3.03. The van der Waals surface area contributed by atoms with Gasteiger partial charge in [-0.05, 0) is 25.0 Å². The van der Waals surface area contributed by atoms with Gasteiger partial charge in [-0.3, -0.25) is 4.79 Å². The molecule has 0 N–H and O–H groups in total. The number of rotatable bonds is 3. The number of fused-ring (bicyclic) bond motifs is 1. The number of carbonyl (C=O) groups excluding carboxylic acids is 1. The Kier molecular flexibility index (Phi) is 4.75. The van der Waals surface area contributed by atoms with Crippen LogP contribution in [0.25, 0.3) is 0 Å². The highest BCUT2D eigenvalue weighted by Crippen LogP contribution is 2.41. The van der Waals surface area contributed by atoms with Gasteiger partial charge < -0.3 is 4.90 Å². The molecule has 0 radical (unpaired) electrons. The third-order valence-corrected chi connectivity index (χ3v) is 7.89. The summed E-state index contributed by atoms with van der Waals surface area (Å²) in [4.78, 5) is 18.6. The van der Waals surface area contributed by atoms with E-state index in [0.29, 0.717) is 5.17 Å². The maximum Gasteiger partial charge on any atom is 0.250 e. The van der Waals surface area contributed by atoms with Gasteiger partial charge in [-0.25, -0.2) is 8.42 Å². The molecule has 0 aliphatic carbocycles. The molecule has 130 valence electrons. The molecular formula is C17H22N2O3S2. The Hall–Kier alpha value is -1.34. The van der Waals surface area contributed by atoms with Crippen LogP contribution < -0.4 is 4.90 Å². The fourth-order valence-corrected chi connectivity index (χ4v) is 6.97. The van der Waals surface area contributed by atoms with Crippen LogP contribution in [0.4, 0.5) is 5.69 Å². The van der Waals surface area contributed by atoms with Crippen molar-refractivity contribution < 1.29 is 13.2 Å². The van der Waals surface area contributed by atoms with Crippen LogP contribution >= 0.6 is 11.8 Å². The van der Waals surface area contributed by atoms with Gasteiger partial charge in [-0.15, -0.1) is 0 Å². The topological polar surface area (TPSA) is 66.8 Å². The van der Waals surface area contributed by atoms with Gasteiger partial charge in [0.2, 0.25) is 0 Å². The summed E-state index contributed by atoms with van der Waals surface area (Å²) in [5, 5.41) is 0.581. The lowest BCUT2D eigenvalue weighted by molar-refractivity contribution is -0.121. The van der Waals surface area contributed by atoms with E-state index in [9.17, 15) is 13.2 Å². The number of aryl methyl sites for hydroxylation is 1. The van der Waals surface area contributed by atoms with Crippen LogP contribution in [0.1, 0.15) is 25.8 Å². The summed E-state index contributed by atoms with van der Waals surface area (Å²) in [5.74, 6) is 0.0129. The fourth-order valence-electron chi connectivity index (χ4n) is 3.06. The van der Waals surface area contributed by atoms with Crippen LogP contribution in [-0.2, 0) is 14.6 Å². The molecule has 7 heteroatoms. The number of amides is 1. The number of nitrogens with zero attached hydrogens (tertiary/aromatic N) is 2. The molecule has 0 unspecified atom stereocenters. The zero-order chi connectivity index (χ0) is 17.5. The molecule has 0 aromatic heterocycles. The minimum Gasteiger partial charge on any atom is -0.315 e. The molecule has 0 spiro atoms. The first-order chi connectivity index (χ1) is 11.3. The third kappa shape index (κ3) is 3.24. The van der Waals surface area contributed by atoms with Crippen molar-refractivity contribution in [2.45, 2.75) is 38.5 Å². The van der Waals surface area contributed by atoms with Crippen molar-refractivity contribution >= 4 is 38.4 Å². The molecule has 2 heterocycles. The Labute approximate surface area is 147 Å². The van der Waals surface area contributed by atoms with E-state index in [2.05, 4.69) is 4.99 Å². The highest BCUT2D eigenvalue weighted by atomic mass is 32.2. The first kappa shape index (κ1) is 17.5. The summed E-state index contributed by atoms with van der Waals surface area (Å²) in [6, 6.07) is 7.69. The summed E-state index contributed by atoms with van der Waals surface area (Å²) < 4.78 is 24.1. The molecule has 0 saturated carbocycles. The molecule has 24 heavy (non-hydrogen) atoms. The number of aliphatic imine (C=N–C) groups is 1. The molecule has 2 saturated heterocycles. The third-order valence-electron chi connectivity index (χ3n) is 4.68. The molecule has 5 nitrogen and oxygen atoms in total. The van der Waals surface area contributed by atoms with Crippen LogP contribution in [0.3, 0.4) is 0 Å². The Balaban J connectivity index is 2.02. The summed E-state index contributed by atoms with van der Waals surface area (Å²) in [6.07, 6.45) is 0.742. The van der Waals surface area contributed by atoms with E-state index in [4.69, 9.17) is 0 Å². The lowest BCUT2D eigenvalue weighted by Gasteiger charge is -2.26. The molecule has 2 aliphatic heterocycles. The predicted octanol–water partition coefficient (Wildman–Crippen LogP) is 2.64. The number of anilines is 1. The Bertz CT molecular complexity index is 789. The van der Waals surface area contributed by atoms with Gasteiger partial charge in [-0.1, -0.05) is 43.8 Å². The van der Waals surface area contributed by atoms with Gasteiger partial charge in [0.05, 0.1) is 17.5 Å². The molecule has 2 aliphatic rings. The van der Waals surface area contributed by atoms with E-state index in [1.165, 1.54) is 11.8 Å². The maximum atomic E-state index is 12.3. The number of carbonyl (C=O) groups is 1. The average Bonchev–Trinajstić information content (AvgIpc) is 2.98. The number of sulfone groups is 1. The lowest BCUT2D eigenvalue weighted by atomic mass is 10.1. The van der Waals surface area contributed by atoms with Crippen molar-refractivity contribution in [3.63, 3.8) is 0 Å². The first-order valence-corrected chi connectivity index (χ1v) is 10.9. The second-order valence-electron chi connectivity index (χ2n) is 6.50. The van der Waals surface area contributed by atoms with E-state index in [1.54, 1.807) is 0 Å². The molecule has 0 bridgehead atoms. The molecule has 1 aromatic rings. The molecule has 3 rings (SSSR count). The smallest absolute Gasteiger partial charge is 0.250 e. The second-order valence-corrected chi connectivity index (χ2v) is 9.86. The van der Waals surface area contributed by atoms with Crippen molar-refractivity contribution in [1.29, 1.82) is 0 Å². The van der Waals surface area contributed by atoms with Crippen LogP contribution in [0.2, 0.25) is 0 Å². The number of benzene rings is 1. The van der Waals surface area contributed by atoms with E-state index in [1.807, 2.05) is 49.9 Å². The largest absolute Gasteiger partial charge is 0.315 e. The normalized spacial score (nSPS) is 28.1.